The number of urea groups is 1. The van der Waals surface area contributed by atoms with Crippen molar-refractivity contribution in [3.63, 3.8) is 0 Å². The van der Waals surface area contributed by atoms with E-state index in [9.17, 15) is 9.18 Å². The maximum absolute atomic E-state index is 12.9. The average Bonchev–Trinajstić information content (AvgIpc) is 3.10. The van der Waals surface area contributed by atoms with Crippen LogP contribution in [0.3, 0.4) is 0 Å². The lowest BCUT2D eigenvalue weighted by Gasteiger charge is -2.09. The lowest BCUT2D eigenvalue weighted by Crippen LogP contribution is -2.30. The number of aryl methyl sites for hydroxylation is 2. The molecular formula is C24H30FN5O. The van der Waals surface area contributed by atoms with Gasteiger partial charge in [-0.1, -0.05) is 24.3 Å². The number of unbranched alkanes of at least 4 members (excludes halogenated alkanes) is 1. The summed E-state index contributed by atoms with van der Waals surface area (Å²) in [5.74, 6) is 0.592. The maximum Gasteiger partial charge on any atom is 0.319 e. The SMILES string of the molecule is Cc1nc(-c2cccc(NC(=O)NCCCCNCCc3ccc(F)cc3)c2)[nH]c1C. The lowest BCUT2D eigenvalue weighted by molar-refractivity contribution is 0.252. The third-order valence-corrected chi connectivity index (χ3v) is 5.09. The number of hydrogen-bond donors (Lipinski definition) is 4. The molecule has 0 aliphatic rings. The van der Waals surface area contributed by atoms with Gasteiger partial charge in [0.05, 0.1) is 5.69 Å². The van der Waals surface area contributed by atoms with Gasteiger partial charge < -0.3 is 20.9 Å². The quantitative estimate of drug-likeness (QED) is 0.361. The molecule has 0 radical (unpaired) electrons. The first-order chi connectivity index (χ1) is 15.0. The van der Waals surface area contributed by atoms with Gasteiger partial charge in [-0.2, -0.15) is 0 Å². The zero-order valence-corrected chi connectivity index (χ0v) is 18.1. The van der Waals surface area contributed by atoms with Crippen molar-refractivity contribution in [2.24, 2.45) is 0 Å². The van der Waals surface area contributed by atoms with Crippen LogP contribution in [-0.2, 0) is 6.42 Å². The fourth-order valence-corrected chi connectivity index (χ4v) is 3.19. The highest BCUT2D eigenvalue weighted by Gasteiger charge is 2.07. The third kappa shape index (κ3) is 7.22. The second-order valence-corrected chi connectivity index (χ2v) is 7.59. The molecule has 0 fully saturated rings. The number of rotatable bonds is 10. The lowest BCUT2D eigenvalue weighted by atomic mass is 10.1. The number of anilines is 1. The fraction of sp³-hybridized carbons (Fsp3) is 0.333. The Labute approximate surface area is 182 Å². The van der Waals surface area contributed by atoms with E-state index in [1.807, 2.05) is 50.2 Å². The van der Waals surface area contributed by atoms with Gasteiger partial charge in [0.2, 0.25) is 0 Å². The molecule has 0 spiro atoms. The molecule has 0 unspecified atom stereocenters. The molecule has 6 nitrogen and oxygen atoms in total. The maximum atomic E-state index is 12.9. The summed E-state index contributed by atoms with van der Waals surface area (Å²) in [7, 11) is 0. The van der Waals surface area contributed by atoms with Crippen molar-refractivity contribution in [1.29, 1.82) is 0 Å². The minimum Gasteiger partial charge on any atom is -0.342 e. The first-order valence-electron chi connectivity index (χ1n) is 10.6. The van der Waals surface area contributed by atoms with Gasteiger partial charge in [-0.25, -0.2) is 14.2 Å². The Balaban J connectivity index is 1.30. The van der Waals surface area contributed by atoms with Crippen LogP contribution < -0.4 is 16.0 Å². The fourth-order valence-electron chi connectivity index (χ4n) is 3.19. The minimum absolute atomic E-state index is 0.205. The molecule has 164 valence electrons. The molecule has 0 atom stereocenters. The number of imidazole rings is 1. The molecule has 1 aromatic heterocycles. The van der Waals surface area contributed by atoms with Gasteiger partial charge in [-0.05, 0) is 76.0 Å². The van der Waals surface area contributed by atoms with Gasteiger partial charge in [-0.15, -0.1) is 0 Å². The highest BCUT2D eigenvalue weighted by Crippen LogP contribution is 2.21. The minimum atomic E-state index is -0.215. The summed E-state index contributed by atoms with van der Waals surface area (Å²) >= 11 is 0. The summed E-state index contributed by atoms with van der Waals surface area (Å²) in [4.78, 5) is 19.9. The molecule has 0 saturated heterocycles. The summed E-state index contributed by atoms with van der Waals surface area (Å²) in [6.07, 6.45) is 2.73. The Morgan fingerprint density at radius 1 is 1.03 bits per heavy atom. The van der Waals surface area contributed by atoms with E-state index in [1.165, 1.54) is 12.1 Å². The molecule has 2 aromatic carbocycles. The molecule has 2 amide bonds. The summed E-state index contributed by atoms with van der Waals surface area (Å²) in [6, 6.07) is 14.0. The van der Waals surface area contributed by atoms with Crippen molar-refractivity contribution >= 4 is 11.7 Å². The number of amides is 2. The topological polar surface area (TPSA) is 81.8 Å². The van der Waals surface area contributed by atoms with E-state index in [1.54, 1.807) is 0 Å². The van der Waals surface area contributed by atoms with Crippen LogP contribution in [0.25, 0.3) is 11.4 Å². The second-order valence-electron chi connectivity index (χ2n) is 7.59. The molecule has 0 aliphatic heterocycles. The number of carbonyl (C=O) groups excluding carboxylic acids is 1. The molecule has 1 heterocycles. The Hall–Kier alpha value is -3.19. The van der Waals surface area contributed by atoms with Gasteiger partial charge in [0, 0.05) is 23.5 Å². The van der Waals surface area contributed by atoms with Gasteiger partial charge >= 0.3 is 6.03 Å². The van der Waals surface area contributed by atoms with Gasteiger partial charge in [0.25, 0.3) is 0 Å². The Bertz CT molecular complexity index is 964. The molecule has 31 heavy (non-hydrogen) atoms. The van der Waals surface area contributed by atoms with E-state index < -0.39 is 0 Å². The molecule has 3 aromatic rings. The number of aromatic amines is 1. The van der Waals surface area contributed by atoms with Crippen molar-refractivity contribution in [1.82, 2.24) is 20.6 Å². The predicted octanol–water partition coefficient (Wildman–Crippen LogP) is 4.57. The Morgan fingerprint density at radius 2 is 1.81 bits per heavy atom. The van der Waals surface area contributed by atoms with E-state index in [0.29, 0.717) is 6.54 Å². The number of nitrogens with one attached hydrogen (secondary N) is 4. The van der Waals surface area contributed by atoms with Crippen LogP contribution in [0.4, 0.5) is 14.9 Å². The Morgan fingerprint density at radius 3 is 2.55 bits per heavy atom. The highest BCUT2D eigenvalue weighted by molar-refractivity contribution is 5.89. The number of carbonyl (C=O) groups is 1. The van der Waals surface area contributed by atoms with Gasteiger partial charge in [0.15, 0.2) is 0 Å². The number of halogens is 1. The molecule has 3 rings (SSSR count). The first kappa shape index (κ1) is 22.5. The van der Waals surface area contributed by atoms with Crippen LogP contribution in [0.1, 0.15) is 29.8 Å². The predicted molar refractivity (Wildman–Crippen MR) is 123 cm³/mol. The molecule has 7 heteroatoms. The first-order valence-corrected chi connectivity index (χ1v) is 10.6. The van der Waals surface area contributed by atoms with Crippen molar-refractivity contribution in [3.05, 3.63) is 71.3 Å². The zero-order chi connectivity index (χ0) is 22.1. The van der Waals surface area contributed by atoms with E-state index in [0.717, 1.165) is 66.4 Å². The number of hydrogen-bond acceptors (Lipinski definition) is 3. The molecule has 0 saturated carbocycles. The monoisotopic (exact) mass is 423 g/mol. The van der Waals surface area contributed by atoms with Crippen LogP contribution in [-0.4, -0.2) is 35.6 Å². The van der Waals surface area contributed by atoms with Crippen molar-refractivity contribution in [2.75, 3.05) is 25.0 Å². The van der Waals surface area contributed by atoms with Gasteiger partial charge in [0.1, 0.15) is 11.6 Å². The van der Waals surface area contributed by atoms with Crippen LogP contribution in [0.15, 0.2) is 48.5 Å². The van der Waals surface area contributed by atoms with E-state index >= 15 is 0 Å². The summed E-state index contributed by atoms with van der Waals surface area (Å²) < 4.78 is 12.9. The van der Waals surface area contributed by atoms with E-state index in [4.69, 9.17) is 0 Å². The molecule has 4 N–H and O–H groups in total. The van der Waals surface area contributed by atoms with E-state index in [2.05, 4.69) is 25.9 Å². The number of benzene rings is 2. The van der Waals surface area contributed by atoms with Crippen LogP contribution in [0.5, 0.6) is 0 Å². The molecular weight excluding hydrogens is 393 g/mol. The molecule has 0 aliphatic carbocycles. The van der Waals surface area contributed by atoms with Crippen molar-refractivity contribution in [3.8, 4) is 11.4 Å². The van der Waals surface area contributed by atoms with Crippen molar-refractivity contribution in [2.45, 2.75) is 33.1 Å². The van der Waals surface area contributed by atoms with Crippen LogP contribution in [0.2, 0.25) is 0 Å². The third-order valence-electron chi connectivity index (χ3n) is 5.09. The number of aromatic nitrogens is 2. The highest BCUT2D eigenvalue weighted by atomic mass is 19.1. The normalized spacial score (nSPS) is 10.8. The zero-order valence-electron chi connectivity index (χ0n) is 18.1. The van der Waals surface area contributed by atoms with Crippen LogP contribution in [0, 0.1) is 19.7 Å². The van der Waals surface area contributed by atoms with Crippen molar-refractivity contribution < 1.29 is 9.18 Å². The van der Waals surface area contributed by atoms with E-state index in [-0.39, 0.29) is 11.8 Å². The van der Waals surface area contributed by atoms with Gasteiger partial charge in [-0.3, -0.25) is 0 Å². The smallest absolute Gasteiger partial charge is 0.319 e. The number of H-pyrrole nitrogens is 1. The van der Waals surface area contributed by atoms with Crippen LogP contribution >= 0.6 is 0 Å². The summed E-state index contributed by atoms with van der Waals surface area (Å²) in [5, 5.41) is 9.13. The summed E-state index contributed by atoms with van der Waals surface area (Å²) in [6.45, 7) is 6.30. The second kappa shape index (κ2) is 11.3. The standard InChI is InChI=1S/C24H30FN5O/c1-17-18(2)29-23(28-17)20-6-5-7-22(16-20)30-24(31)27-14-4-3-13-26-15-12-19-8-10-21(25)11-9-19/h5-11,16,26H,3-4,12-15H2,1-2H3,(H,28,29)(H2,27,30,31). The molecule has 0 bridgehead atoms. The largest absolute Gasteiger partial charge is 0.342 e. The number of nitrogens with zero attached hydrogens (tertiary/aromatic N) is 1. The summed E-state index contributed by atoms with van der Waals surface area (Å²) in [5.41, 5.74) is 4.78. The Kier molecular flexibility index (Phi) is 8.18. The average molecular weight is 424 g/mol.